The number of para-hydroxylation sites is 1. The number of furan rings is 1. The zero-order chi connectivity index (χ0) is 18.5. The van der Waals surface area contributed by atoms with Crippen molar-refractivity contribution < 1.29 is 13.9 Å². The van der Waals surface area contributed by atoms with Crippen molar-refractivity contribution in [2.45, 2.75) is 32.9 Å². The lowest BCUT2D eigenvalue weighted by Crippen LogP contribution is -2.38. The van der Waals surface area contributed by atoms with Crippen molar-refractivity contribution >= 4 is 17.0 Å². The lowest BCUT2D eigenvalue weighted by atomic mass is 10.1. The molecule has 0 spiro atoms. The number of nitrogens with one attached hydrogen (secondary N) is 2. The molecule has 0 radical (unpaired) electrons. The van der Waals surface area contributed by atoms with Crippen LogP contribution in [0.5, 0.6) is 5.75 Å². The van der Waals surface area contributed by atoms with E-state index in [1.54, 1.807) is 0 Å². The zero-order valence-electron chi connectivity index (χ0n) is 15.3. The third-order valence-electron chi connectivity index (χ3n) is 4.26. The number of carbonyl (C=O) groups is 1. The third kappa shape index (κ3) is 4.17. The van der Waals surface area contributed by atoms with Crippen LogP contribution in [0.3, 0.4) is 0 Å². The smallest absolute Gasteiger partial charge is 0.315 e. The van der Waals surface area contributed by atoms with Gasteiger partial charge in [-0.15, -0.1) is 0 Å². The van der Waals surface area contributed by atoms with Crippen LogP contribution in [0.4, 0.5) is 4.79 Å². The van der Waals surface area contributed by atoms with Crippen LogP contribution < -0.4 is 15.4 Å². The van der Waals surface area contributed by atoms with Gasteiger partial charge in [-0.2, -0.15) is 0 Å². The van der Waals surface area contributed by atoms with Crippen molar-refractivity contribution in [1.29, 1.82) is 0 Å². The summed E-state index contributed by atoms with van der Waals surface area (Å²) in [5.41, 5.74) is 1.83. The largest absolute Gasteiger partial charge is 0.494 e. The Morgan fingerprint density at radius 2 is 1.73 bits per heavy atom. The number of carbonyl (C=O) groups excluding carboxylic acids is 1. The second-order valence-corrected chi connectivity index (χ2v) is 6.25. The van der Waals surface area contributed by atoms with Crippen molar-refractivity contribution in [2.75, 3.05) is 6.61 Å². The van der Waals surface area contributed by atoms with E-state index in [0.29, 0.717) is 6.61 Å². The molecule has 0 aliphatic rings. The molecule has 3 rings (SSSR count). The Hall–Kier alpha value is -2.95. The number of urea groups is 1. The van der Waals surface area contributed by atoms with E-state index in [1.807, 2.05) is 75.4 Å². The normalized spacial score (nSPS) is 13.2. The molecule has 26 heavy (non-hydrogen) atoms. The molecule has 0 unspecified atom stereocenters. The monoisotopic (exact) mass is 352 g/mol. The predicted molar refractivity (Wildman–Crippen MR) is 102 cm³/mol. The van der Waals surface area contributed by atoms with Gasteiger partial charge in [-0.05, 0) is 50.6 Å². The number of hydrogen-bond donors (Lipinski definition) is 2. The quantitative estimate of drug-likeness (QED) is 0.659. The Morgan fingerprint density at radius 1 is 1.04 bits per heavy atom. The number of hydrogen-bond acceptors (Lipinski definition) is 3. The van der Waals surface area contributed by atoms with Crippen molar-refractivity contribution in [1.82, 2.24) is 10.6 Å². The molecule has 3 aromatic rings. The summed E-state index contributed by atoms with van der Waals surface area (Å²) in [7, 11) is 0. The average Bonchev–Trinajstić information content (AvgIpc) is 3.07. The van der Waals surface area contributed by atoms with E-state index in [-0.39, 0.29) is 18.1 Å². The van der Waals surface area contributed by atoms with Gasteiger partial charge in [0.2, 0.25) is 0 Å². The van der Waals surface area contributed by atoms with Gasteiger partial charge in [0.05, 0.1) is 18.7 Å². The minimum atomic E-state index is -0.237. The number of fused-ring (bicyclic) bond motifs is 1. The molecule has 1 aromatic heterocycles. The molecule has 0 aliphatic carbocycles. The van der Waals surface area contributed by atoms with Gasteiger partial charge in [0.15, 0.2) is 0 Å². The van der Waals surface area contributed by atoms with Crippen LogP contribution in [0.1, 0.15) is 44.2 Å². The average molecular weight is 352 g/mol. The minimum Gasteiger partial charge on any atom is -0.494 e. The molecule has 1 heterocycles. The fourth-order valence-electron chi connectivity index (χ4n) is 2.82. The zero-order valence-corrected chi connectivity index (χ0v) is 15.3. The maximum Gasteiger partial charge on any atom is 0.315 e. The Kier molecular flexibility index (Phi) is 5.46. The van der Waals surface area contributed by atoms with E-state index in [4.69, 9.17) is 9.15 Å². The molecule has 0 saturated heterocycles. The number of ether oxygens (including phenoxy) is 1. The first-order chi connectivity index (χ1) is 12.6. The van der Waals surface area contributed by atoms with Crippen LogP contribution in [-0.2, 0) is 0 Å². The molecule has 0 fully saturated rings. The predicted octanol–water partition coefficient (Wildman–Crippen LogP) is 4.95. The van der Waals surface area contributed by atoms with Crippen molar-refractivity contribution in [2.24, 2.45) is 0 Å². The number of benzene rings is 2. The molecule has 2 atom stereocenters. The molecule has 5 nitrogen and oxygen atoms in total. The number of rotatable bonds is 6. The van der Waals surface area contributed by atoms with Crippen molar-refractivity contribution in [3.05, 3.63) is 65.9 Å². The summed E-state index contributed by atoms with van der Waals surface area (Å²) in [4.78, 5) is 12.3. The first kappa shape index (κ1) is 17.9. The molecule has 0 aliphatic heterocycles. The fourth-order valence-corrected chi connectivity index (χ4v) is 2.82. The molecule has 136 valence electrons. The Bertz CT molecular complexity index is 837. The lowest BCUT2D eigenvalue weighted by Gasteiger charge is -2.18. The van der Waals surface area contributed by atoms with E-state index < -0.39 is 0 Å². The maximum atomic E-state index is 12.3. The molecule has 2 N–H and O–H groups in total. The van der Waals surface area contributed by atoms with Gasteiger partial charge in [0, 0.05) is 5.39 Å². The second-order valence-electron chi connectivity index (χ2n) is 6.25. The number of amides is 2. The van der Waals surface area contributed by atoms with Gasteiger partial charge in [-0.1, -0.05) is 30.3 Å². The molecular formula is C21H24N2O3. The van der Waals surface area contributed by atoms with Gasteiger partial charge < -0.3 is 19.8 Å². The second kappa shape index (κ2) is 7.95. The van der Waals surface area contributed by atoms with Crippen LogP contribution in [0.15, 0.2) is 59.0 Å². The first-order valence-electron chi connectivity index (χ1n) is 8.85. The van der Waals surface area contributed by atoms with E-state index in [0.717, 1.165) is 28.0 Å². The minimum absolute atomic E-state index is 0.117. The maximum absolute atomic E-state index is 12.3. The highest BCUT2D eigenvalue weighted by atomic mass is 16.5. The fraction of sp³-hybridized carbons (Fsp3) is 0.286. The van der Waals surface area contributed by atoms with Crippen LogP contribution >= 0.6 is 0 Å². The highest BCUT2D eigenvalue weighted by molar-refractivity contribution is 5.78. The summed E-state index contributed by atoms with van der Waals surface area (Å²) < 4.78 is 11.2. The van der Waals surface area contributed by atoms with E-state index in [9.17, 15) is 4.79 Å². The highest BCUT2D eigenvalue weighted by Gasteiger charge is 2.16. The van der Waals surface area contributed by atoms with E-state index in [2.05, 4.69) is 10.6 Å². The van der Waals surface area contributed by atoms with Crippen LogP contribution in [-0.4, -0.2) is 12.6 Å². The lowest BCUT2D eigenvalue weighted by molar-refractivity contribution is 0.233. The van der Waals surface area contributed by atoms with Crippen molar-refractivity contribution in [3.8, 4) is 5.75 Å². The molecular weight excluding hydrogens is 328 g/mol. The van der Waals surface area contributed by atoms with Crippen molar-refractivity contribution in [3.63, 3.8) is 0 Å². The summed E-state index contributed by atoms with van der Waals surface area (Å²) in [5.74, 6) is 1.56. The van der Waals surface area contributed by atoms with Gasteiger partial charge >= 0.3 is 6.03 Å². The Labute approximate surface area is 153 Å². The molecule has 2 amide bonds. The van der Waals surface area contributed by atoms with Crippen LogP contribution in [0.2, 0.25) is 0 Å². The van der Waals surface area contributed by atoms with Crippen LogP contribution in [0, 0.1) is 0 Å². The summed E-state index contributed by atoms with van der Waals surface area (Å²) in [6, 6.07) is 16.9. The third-order valence-corrected chi connectivity index (χ3v) is 4.26. The SMILES string of the molecule is CCOc1ccc([C@H](C)NC(=O)N[C@@H](C)c2cc3ccccc3o2)cc1. The van der Waals surface area contributed by atoms with Gasteiger partial charge in [0.25, 0.3) is 0 Å². The molecule has 0 bridgehead atoms. The first-order valence-corrected chi connectivity index (χ1v) is 8.85. The topological polar surface area (TPSA) is 63.5 Å². The van der Waals surface area contributed by atoms with Gasteiger partial charge in [-0.3, -0.25) is 0 Å². The Balaban J connectivity index is 1.58. The van der Waals surface area contributed by atoms with E-state index in [1.165, 1.54) is 0 Å². The summed E-state index contributed by atoms with van der Waals surface area (Å²) in [5, 5.41) is 6.90. The highest BCUT2D eigenvalue weighted by Crippen LogP contribution is 2.23. The molecule has 2 aromatic carbocycles. The standard InChI is InChI=1S/C21H24N2O3/c1-4-25-18-11-9-16(10-12-18)14(2)22-21(24)23-15(3)20-13-17-7-5-6-8-19(17)26-20/h5-15H,4H2,1-3H3,(H2,22,23,24)/t14-,15-/m0/s1. The molecule has 0 saturated carbocycles. The van der Waals surface area contributed by atoms with Gasteiger partial charge in [0.1, 0.15) is 17.1 Å². The summed E-state index contributed by atoms with van der Waals surface area (Å²) >= 11 is 0. The summed E-state index contributed by atoms with van der Waals surface area (Å²) in [6.45, 7) is 6.43. The molecule has 5 heteroatoms. The van der Waals surface area contributed by atoms with E-state index >= 15 is 0 Å². The summed E-state index contributed by atoms with van der Waals surface area (Å²) in [6.07, 6.45) is 0. The van der Waals surface area contributed by atoms with Gasteiger partial charge in [-0.25, -0.2) is 4.79 Å². The van der Waals surface area contributed by atoms with Crippen LogP contribution in [0.25, 0.3) is 11.0 Å². The Morgan fingerprint density at radius 3 is 2.42 bits per heavy atom.